The van der Waals surface area contributed by atoms with Crippen LogP contribution in [0.25, 0.3) is 0 Å². The maximum Gasteiger partial charge on any atom is 0.245 e. The van der Waals surface area contributed by atoms with Gasteiger partial charge in [0.1, 0.15) is 6.04 Å². The molecular weight excluding hydrogens is 360 g/mol. The summed E-state index contributed by atoms with van der Waals surface area (Å²) in [6.07, 6.45) is 13.0. The van der Waals surface area contributed by atoms with Crippen LogP contribution in [0.4, 0.5) is 0 Å². The SMILES string of the molecule is CSCCC(C(=O)N(C)C1CCCCCC1)N1C(=O)C2CCCCC2C1=O. The Morgan fingerprint density at radius 1 is 1.00 bits per heavy atom. The average Bonchev–Trinajstić information content (AvgIpc) is 2.88. The van der Waals surface area contributed by atoms with E-state index >= 15 is 0 Å². The van der Waals surface area contributed by atoms with Crippen LogP contribution >= 0.6 is 11.8 Å². The molecule has 0 bridgehead atoms. The van der Waals surface area contributed by atoms with Crippen LogP contribution in [0, 0.1) is 11.8 Å². The summed E-state index contributed by atoms with van der Waals surface area (Å²) in [4.78, 5) is 42.7. The molecule has 2 aliphatic carbocycles. The van der Waals surface area contributed by atoms with Crippen LogP contribution in [-0.4, -0.2) is 58.7 Å². The highest BCUT2D eigenvalue weighted by atomic mass is 32.2. The molecule has 6 heteroatoms. The highest BCUT2D eigenvalue weighted by Crippen LogP contribution is 2.39. The average molecular weight is 395 g/mol. The van der Waals surface area contributed by atoms with Gasteiger partial charge in [-0.2, -0.15) is 11.8 Å². The molecule has 152 valence electrons. The molecule has 3 amide bonds. The smallest absolute Gasteiger partial charge is 0.245 e. The second kappa shape index (κ2) is 9.44. The Kier molecular flexibility index (Phi) is 7.23. The van der Waals surface area contributed by atoms with Crippen LogP contribution in [0.2, 0.25) is 0 Å². The maximum atomic E-state index is 13.4. The number of rotatable bonds is 6. The first-order valence-corrected chi connectivity index (χ1v) is 12.1. The molecule has 27 heavy (non-hydrogen) atoms. The minimum atomic E-state index is -0.615. The number of fused-ring (bicyclic) bond motifs is 1. The van der Waals surface area contributed by atoms with Crippen molar-refractivity contribution < 1.29 is 14.4 Å². The molecule has 1 aliphatic heterocycles. The third-order valence-corrected chi connectivity index (χ3v) is 7.43. The van der Waals surface area contributed by atoms with Crippen molar-refractivity contribution in [1.29, 1.82) is 0 Å². The third-order valence-electron chi connectivity index (χ3n) is 6.79. The predicted molar refractivity (Wildman–Crippen MR) is 108 cm³/mol. The van der Waals surface area contributed by atoms with Gasteiger partial charge >= 0.3 is 0 Å². The van der Waals surface area contributed by atoms with Crippen LogP contribution in [0.1, 0.15) is 70.6 Å². The van der Waals surface area contributed by atoms with Crippen molar-refractivity contribution >= 4 is 29.5 Å². The van der Waals surface area contributed by atoms with Gasteiger partial charge in [-0.1, -0.05) is 38.5 Å². The van der Waals surface area contributed by atoms with Gasteiger partial charge in [-0.05, 0) is 44.1 Å². The molecule has 2 saturated carbocycles. The monoisotopic (exact) mass is 394 g/mol. The molecule has 0 radical (unpaired) electrons. The summed E-state index contributed by atoms with van der Waals surface area (Å²) in [5.74, 6) is 0.215. The molecule has 3 atom stereocenters. The van der Waals surface area contributed by atoms with Crippen LogP contribution < -0.4 is 0 Å². The van der Waals surface area contributed by atoms with E-state index in [4.69, 9.17) is 0 Å². The van der Waals surface area contributed by atoms with Crippen LogP contribution in [0.5, 0.6) is 0 Å². The normalized spacial score (nSPS) is 28.0. The van der Waals surface area contributed by atoms with Gasteiger partial charge < -0.3 is 4.90 Å². The Hall–Kier alpha value is -1.04. The van der Waals surface area contributed by atoms with Gasteiger partial charge in [0.25, 0.3) is 0 Å². The fraction of sp³-hybridized carbons (Fsp3) is 0.857. The second-order valence-corrected chi connectivity index (χ2v) is 9.42. The standard InChI is InChI=1S/C21H34N2O3S/c1-22(15-9-5-3-4-6-10-15)21(26)18(13-14-27-2)23-19(24)16-11-7-8-12-17(16)20(23)25/h15-18H,3-14H2,1-2H3. The van der Waals surface area contributed by atoms with Crippen LogP contribution in [0.3, 0.4) is 0 Å². The topological polar surface area (TPSA) is 57.7 Å². The quantitative estimate of drug-likeness (QED) is 0.511. The fourth-order valence-electron chi connectivity index (χ4n) is 5.15. The zero-order valence-corrected chi connectivity index (χ0v) is 17.6. The molecule has 1 heterocycles. The first-order chi connectivity index (χ1) is 13.1. The summed E-state index contributed by atoms with van der Waals surface area (Å²) >= 11 is 1.66. The lowest BCUT2D eigenvalue weighted by Gasteiger charge is -2.34. The van der Waals surface area contributed by atoms with Crippen molar-refractivity contribution in [2.45, 2.75) is 82.7 Å². The number of hydrogen-bond donors (Lipinski definition) is 0. The molecule has 0 aromatic heterocycles. The highest BCUT2D eigenvalue weighted by molar-refractivity contribution is 7.98. The zero-order valence-electron chi connectivity index (χ0n) is 16.8. The van der Waals surface area contributed by atoms with Gasteiger partial charge in [0.15, 0.2) is 0 Å². The zero-order chi connectivity index (χ0) is 19.4. The van der Waals surface area contributed by atoms with Gasteiger partial charge in [-0.15, -0.1) is 0 Å². The predicted octanol–water partition coefficient (Wildman–Crippen LogP) is 3.46. The molecule has 3 aliphatic rings. The summed E-state index contributed by atoms with van der Waals surface area (Å²) in [6.45, 7) is 0. The minimum absolute atomic E-state index is 0.0312. The Bertz CT molecular complexity index is 536. The van der Waals surface area contributed by atoms with Crippen molar-refractivity contribution in [3.63, 3.8) is 0 Å². The highest BCUT2D eigenvalue weighted by Gasteiger charge is 2.52. The lowest BCUT2D eigenvalue weighted by Crippen LogP contribution is -2.53. The molecule has 5 nitrogen and oxygen atoms in total. The van der Waals surface area contributed by atoms with Crippen LogP contribution in [-0.2, 0) is 14.4 Å². The van der Waals surface area contributed by atoms with E-state index in [-0.39, 0.29) is 35.6 Å². The molecule has 3 fully saturated rings. The number of carbonyl (C=O) groups excluding carboxylic acids is 3. The summed E-state index contributed by atoms with van der Waals surface area (Å²) in [5, 5.41) is 0. The van der Waals surface area contributed by atoms with E-state index in [1.54, 1.807) is 11.8 Å². The summed E-state index contributed by atoms with van der Waals surface area (Å²) < 4.78 is 0. The Morgan fingerprint density at radius 3 is 2.04 bits per heavy atom. The lowest BCUT2D eigenvalue weighted by molar-refractivity contribution is -0.152. The van der Waals surface area contributed by atoms with E-state index < -0.39 is 6.04 Å². The molecule has 0 aromatic rings. The fourth-order valence-corrected chi connectivity index (χ4v) is 5.61. The number of thioether (sulfide) groups is 1. The van der Waals surface area contributed by atoms with E-state index in [1.807, 2.05) is 18.2 Å². The number of amides is 3. The number of imide groups is 1. The number of nitrogens with zero attached hydrogens (tertiary/aromatic N) is 2. The van der Waals surface area contributed by atoms with Gasteiger partial charge in [-0.3, -0.25) is 19.3 Å². The van der Waals surface area contributed by atoms with Gasteiger partial charge in [0.05, 0.1) is 11.8 Å². The van der Waals surface area contributed by atoms with Gasteiger partial charge in [0, 0.05) is 13.1 Å². The van der Waals surface area contributed by atoms with Crippen molar-refractivity contribution in [3.8, 4) is 0 Å². The van der Waals surface area contributed by atoms with Gasteiger partial charge in [-0.25, -0.2) is 0 Å². The molecule has 1 saturated heterocycles. The van der Waals surface area contributed by atoms with E-state index in [0.29, 0.717) is 6.42 Å². The first-order valence-electron chi connectivity index (χ1n) is 10.7. The largest absolute Gasteiger partial charge is 0.341 e. The number of hydrogen-bond acceptors (Lipinski definition) is 4. The summed E-state index contributed by atoms with van der Waals surface area (Å²) in [6, 6.07) is -0.372. The molecule has 3 rings (SSSR count). The summed E-state index contributed by atoms with van der Waals surface area (Å²) in [7, 11) is 1.88. The molecular formula is C21H34N2O3S. The Morgan fingerprint density at radius 2 is 1.52 bits per heavy atom. The van der Waals surface area contributed by atoms with E-state index in [0.717, 1.165) is 57.1 Å². The molecule has 0 aromatic carbocycles. The van der Waals surface area contributed by atoms with E-state index in [1.165, 1.54) is 17.7 Å². The molecule has 3 unspecified atom stereocenters. The first kappa shape index (κ1) is 20.7. The van der Waals surface area contributed by atoms with Crippen molar-refractivity contribution in [3.05, 3.63) is 0 Å². The van der Waals surface area contributed by atoms with Gasteiger partial charge in [0.2, 0.25) is 17.7 Å². The van der Waals surface area contributed by atoms with Crippen molar-refractivity contribution in [1.82, 2.24) is 9.80 Å². The molecule has 0 N–H and O–H groups in total. The Balaban J connectivity index is 1.79. The maximum absolute atomic E-state index is 13.4. The molecule has 0 spiro atoms. The minimum Gasteiger partial charge on any atom is -0.341 e. The van der Waals surface area contributed by atoms with Crippen LogP contribution in [0.15, 0.2) is 0 Å². The van der Waals surface area contributed by atoms with Crippen molar-refractivity contribution in [2.24, 2.45) is 11.8 Å². The van der Waals surface area contributed by atoms with Crippen molar-refractivity contribution in [2.75, 3.05) is 19.1 Å². The number of likely N-dealkylation sites (tertiary alicyclic amines) is 1. The Labute approximate surface area is 167 Å². The summed E-state index contributed by atoms with van der Waals surface area (Å²) in [5.41, 5.74) is 0. The van der Waals surface area contributed by atoms with E-state index in [9.17, 15) is 14.4 Å². The number of likely N-dealkylation sites (N-methyl/N-ethyl adjacent to an activating group) is 1. The third kappa shape index (κ3) is 4.36. The number of carbonyl (C=O) groups is 3. The second-order valence-electron chi connectivity index (χ2n) is 8.44. The lowest BCUT2D eigenvalue weighted by atomic mass is 9.81. The van der Waals surface area contributed by atoms with E-state index in [2.05, 4.69) is 0 Å².